The van der Waals surface area contributed by atoms with Gasteiger partial charge in [-0.3, -0.25) is 10.1 Å². The predicted octanol–water partition coefficient (Wildman–Crippen LogP) is 3.37. The molecule has 0 aliphatic rings. The molecule has 0 saturated heterocycles. The van der Waals surface area contributed by atoms with Gasteiger partial charge in [0.2, 0.25) is 0 Å². The molecule has 1 heterocycles. The Morgan fingerprint density at radius 2 is 2.14 bits per heavy atom. The third-order valence-electron chi connectivity index (χ3n) is 3.29. The van der Waals surface area contributed by atoms with Gasteiger partial charge in [-0.1, -0.05) is 0 Å². The Labute approximate surface area is 123 Å². The molecule has 0 saturated carbocycles. The number of nitro groups is 1. The monoisotopic (exact) mass is 289 g/mol. The number of hydrogen-bond acceptors (Lipinski definition) is 5. The van der Waals surface area contributed by atoms with E-state index in [-0.39, 0.29) is 5.69 Å². The second-order valence-corrected chi connectivity index (χ2v) is 4.77. The molecule has 0 radical (unpaired) electrons. The molecule has 0 amide bonds. The molecule has 0 bridgehead atoms. The summed E-state index contributed by atoms with van der Waals surface area (Å²) in [5.74, 6) is 0. The summed E-state index contributed by atoms with van der Waals surface area (Å²) in [6, 6.07) is 6.89. The maximum atomic E-state index is 11.0. The van der Waals surface area contributed by atoms with Crippen molar-refractivity contribution in [2.24, 2.45) is 0 Å². The fourth-order valence-corrected chi connectivity index (χ4v) is 2.23. The molecule has 1 aromatic carbocycles. The number of fused-ring (bicyclic) bond motifs is 1. The van der Waals surface area contributed by atoms with E-state index in [1.54, 1.807) is 25.4 Å². The summed E-state index contributed by atoms with van der Waals surface area (Å²) in [7, 11) is 1.70. The van der Waals surface area contributed by atoms with Crippen LogP contribution in [0.4, 0.5) is 11.4 Å². The van der Waals surface area contributed by atoms with Crippen molar-refractivity contribution in [3.63, 3.8) is 0 Å². The lowest BCUT2D eigenvalue weighted by molar-refractivity contribution is -0.383. The number of methoxy groups -OCH3 is 1. The minimum Gasteiger partial charge on any atom is -0.385 e. The van der Waals surface area contributed by atoms with Gasteiger partial charge >= 0.3 is 0 Å². The van der Waals surface area contributed by atoms with Crippen molar-refractivity contribution in [2.45, 2.75) is 19.3 Å². The van der Waals surface area contributed by atoms with Crippen molar-refractivity contribution < 1.29 is 9.66 Å². The van der Waals surface area contributed by atoms with Gasteiger partial charge in [-0.25, -0.2) is 4.98 Å². The molecule has 21 heavy (non-hydrogen) atoms. The molecule has 0 unspecified atom stereocenters. The highest BCUT2D eigenvalue weighted by Gasteiger charge is 2.14. The first-order chi connectivity index (χ1) is 10.2. The molecular weight excluding hydrogens is 270 g/mol. The van der Waals surface area contributed by atoms with Gasteiger partial charge in [0, 0.05) is 43.6 Å². The Morgan fingerprint density at radius 1 is 1.29 bits per heavy atom. The number of aromatic nitrogens is 1. The molecule has 0 fully saturated rings. The minimum absolute atomic E-state index is 0.0382. The smallest absolute Gasteiger partial charge is 0.295 e. The first-order valence-electron chi connectivity index (χ1n) is 6.99. The van der Waals surface area contributed by atoms with E-state index in [0.717, 1.165) is 43.5 Å². The van der Waals surface area contributed by atoms with E-state index in [2.05, 4.69) is 10.3 Å². The second kappa shape index (κ2) is 7.54. The quantitative estimate of drug-likeness (QED) is 0.458. The van der Waals surface area contributed by atoms with Crippen LogP contribution in [0.1, 0.15) is 19.3 Å². The Morgan fingerprint density at radius 3 is 2.90 bits per heavy atom. The molecule has 0 aliphatic carbocycles. The molecule has 1 N–H and O–H groups in total. The number of nitrogens with one attached hydrogen (secondary N) is 1. The van der Waals surface area contributed by atoms with Crippen LogP contribution in [0.5, 0.6) is 0 Å². The van der Waals surface area contributed by atoms with Gasteiger partial charge in [0.25, 0.3) is 5.69 Å². The highest BCUT2D eigenvalue weighted by Crippen LogP contribution is 2.29. The van der Waals surface area contributed by atoms with Crippen LogP contribution in [-0.2, 0) is 4.74 Å². The van der Waals surface area contributed by atoms with Gasteiger partial charge in [-0.05, 0) is 37.5 Å². The molecule has 6 nitrogen and oxygen atoms in total. The zero-order valence-corrected chi connectivity index (χ0v) is 12.0. The summed E-state index contributed by atoms with van der Waals surface area (Å²) < 4.78 is 5.01. The number of nitrogens with zero attached hydrogens (tertiary/aromatic N) is 2. The lowest BCUT2D eigenvalue weighted by Crippen LogP contribution is -2.03. The van der Waals surface area contributed by atoms with E-state index < -0.39 is 4.92 Å². The van der Waals surface area contributed by atoms with Gasteiger partial charge in [0.15, 0.2) is 0 Å². The normalized spacial score (nSPS) is 10.7. The summed E-state index contributed by atoms with van der Waals surface area (Å²) in [4.78, 5) is 14.8. The summed E-state index contributed by atoms with van der Waals surface area (Å²) in [6.07, 6.45) is 4.73. The van der Waals surface area contributed by atoms with E-state index in [0.29, 0.717) is 5.52 Å². The van der Waals surface area contributed by atoms with Crippen LogP contribution in [0.25, 0.3) is 10.9 Å². The predicted molar refractivity (Wildman–Crippen MR) is 82.6 cm³/mol. The number of non-ortho nitro benzene ring substituents is 1. The van der Waals surface area contributed by atoms with Crippen LogP contribution < -0.4 is 5.32 Å². The molecule has 2 aromatic rings. The third-order valence-corrected chi connectivity index (χ3v) is 3.29. The van der Waals surface area contributed by atoms with Gasteiger partial charge in [-0.2, -0.15) is 0 Å². The molecule has 0 aliphatic heterocycles. The van der Waals surface area contributed by atoms with Crippen molar-refractivity contribution in [2.75, 3.05) is 25.6 Å². The largest absolute Gasteiger partial charge is 0.385 e. The minimum atomic E-state index is -0.399. The number of ether oxygens (including phenoxy) is 1. The van der Waals surface area contributed by atoms with Crippen LogP contribution in [0, 0.1) is 10.1 Å². The van der Waals surface area contributed by atoms with E-state index >= 15 is 0 Å². The Hall–Kier alpha value is -2.21. The van der Waals surface area contributed by atoms with E-state index in [4.69, 9.17) is 4.74 Å². The molecule has 6 heteroatoms. The topological polar surface area (TPSA) is 77.3 Å². The maximum Gasteiger partial charge on any atom is 0.295 e. The lowest BCUT2D eigenvalue weighted by atomic mass is 10.1. The zero-order chi connectivity index (χ0) is 15.1. The fraction of sp³-hybridized carbons (Fsp3) is 0.400. The molecule has 0 spiro atoms. The highest BCUT2D eigenvalue weighted by atomic mass is 16.6. The van der Waals surface area contributed by atoms with Gasteiger partial charge in [-0.15, -0.1) is 0 Å². The average Bonchev–Trinajstić information content (AvgIpc) is 2.50. The number of anilines is 1. The Bertz CT molecular complexity index is 616. The molecule has 2 rings (SSSR count). The van der Waals surface area contributed by atoms with Crippen LogP contribution >= 0.6 is 0 Å². The van der Waals surface area contributed by atoms with Crippen LogP contribution in [0.3, 0.4) is 0 Å². The zero-order valence-electron chi connectivity index (χ0n) is 12.0. The number of unbranched alkanes of at least 4 members (excludes halogenated alkanes) is 2. The highest BCUT2D eigenvalue weighted by molar-refractivity contribution is 5.96. The number of pyridine rings is 1. The van der Waals surface area contributed by atoms with Gasteiger partial charge < -0.3 is 10.1 Å². The Kier molecular flexibility index (Phi) is 5.45. The third kappa shape index (κ3) is 3.88. The first kappa shape index (κ1) is 15.2. The summed E-state index contributed by atoms with van der Waals surface area (Å²) in [6.45, 7) is 1.61. The van der Waals surface area contributed by atoms with Crippen LogP contribution in [0.15, 0.2) is 30.5 Å². The van der Waals surface area contributed by atoms with Crippen molar-refractivity contribution in [1.82, 2.24) is 4.98 Å². The van der Waals surface area contributed by atoms with E-state index in [9.17, 15) is 10.1 Å². The molecule has 0 atom stereocenters. The fourth-order valence-electron chi connectivity index (χ4n) is 2.23. The Balaban J connectivity index is 2.07. The second-order valence-electron chi connectivity index (χ2n) is 4.77. The molecule has 1 aromatic heterocycles. The number of nitro benzene ring substituents is 1. The summed E-state index contributed by atoms with van der Waals surface area (Å²) in [5.41, 5.74) is 1.35. The lowest BCUT2D eigenvalue weighted by Gasteiger charge is -2.09. The van der Waals surface area contributed by atoms with Gasteiger partial charge in [0.05, 0.1) is 4.92 Å². The SMILES string of the molecule is COCCCCCNc1ccc([N+](=O)[O-])c2ncccc12. The van der Waals surface area contributed by atoms with Crippen molar-refractivity contribution in [3.05, 3.63) is 40.6 Å². The van der Waals surface area contributed by atoms with E-state index in [1.165, 1.54) is 6.07 Å². The standard InChI is InChI=1S/C15H19N3O3/c1-21-11-4-2-3-9-16-13-7-8-14(18(19)20)15-12(13)6-5-10-17-15/h5-8,10,16H,2-4,9,11H2,1H3. The van der Waals surface area contributed by atoms with Crippen molar-refractivity contribution in [1.29, 1.82) is 0 Å². The number of rotatable bonds is 8. The van der Waals surface area contributed by atoms with Crippen LogP contribution in [-0.4, -0.2) is 30.2 Å². The van der Waals surface area contributed by atoms with Gasteiger partial charge in [0.1, 0.15) is 5.52 Å². The summed E-state index contributed by atoms with van der Waals surface area (Å²) in [5, 5.41) is 15.1. The van der Waals surface area contributed by atoms with E-state index in [1.807, 2.05) is 6.07 Å². The first-order valence-corrected chi connectivity index (χ1v) is 6.99. The summed E-state index contributed by atoms with van der Waals surface area (Å²) >= 11 is 0. The van der Waals surface area contributed by atoms with Crippen LogP contribution in [0.2, 0.25) is 0 Å². The number of hydrogen-bond donors (Lipinski definition) is 1. The maximum absolute atomic E-state index is 11.0. The number of benzene rings is 1. The average molecular weight is 289 g/mol. The molecular formula is C15H19N3O3. The molecule has 112 valence electrons. The van der Waals surface area contributed by atoms with Crippen molar-refractivity contribution >= 4 is 22.3 Å². The van der Waals surface area contributed by atoms with Crippen molar-refractivity contribution in [3.8, 4) is 0 Å².